The first-order valence-electron chi connectivity index (χ1n) is 13.2. The van der Waals surface area contributed by atoms with Gasteiger partial charge in [-0.3, -0.25) is 0 Å². The Morgan fingerprint density at radius 2 is 0.655 bits per heavy atom. The quantitative estimate of drug-likeness (QED) is 0.316. The monoisotopic (exact) mass is 413 g/mol. The number of rotatable bonds is 11. The Kier molecular flexibility index (Phi) is 23.1. The molecular weight excluding hydrogens is 348 g/mol. The van der Waals surface area contributed by atoms with Crippen LogP contribution in [0.3, 0.4) is 0 Å². The lowest BCUT2D eigenvalue weighted by Gasteiger charge is -2.20. The highest BCUT2D eigenvalue weighted by Gasteiger charge is 2.12. The molecule has 0 heteroatoms. The Morgan fingerprint density at radius 3 is 0.724 bits per heavy atom. The van der Waals surface area contributed by atoms with Gasteiger partial charge in [-0.25, -0.2) is 0 Å². The first-order valence-corrected chi connectivity index (χ1v) is 13.2. The molecule has 0 bridgehead atoms. The molecular formula is C29H64. The van der Waals surface area contributed by atoms with E-state index in [1.807, 2.05) is 0 Å². The van der Waals surface area contributed by atoms with E-state index in [1.54, 1.807) is 0 Å². The van der Waals surface area contributed by atoms with E-state index in [2.05, 4.69) is 104 Å². The molecule has 0 N–H and O–H groups in total. The van der Waals surface area contributed by atoms with Gasteiger partial charge in [0, 0.05) is 0 Å². The SMILES string of the molecule is CC(C)CC(C)C(C)C.CCC(CC(C)C)C(C)C.CCC(CC(C)C)C(C)C. The standard InChI is InChI=1S/2C10H22.C9H20/c2*1-6-10(9(4)5)7-8(2)3;1-7(2)6-9(5)8(3)4/h2*8-10H,6-7H2,1-5H3;7-9H,6H2,1-5H3. The van der Waals surface area contributed by atoms with Crippen LogP contribution in [0.25, 0.3) is 0 Å². The third-order valence-electron chi connectivity index (χ3n) is 6.46. The molecule has 0 aliphatic heterocycles. The van der Waals surface area contributed by atoms with E-state index in [9.17, 15) is 0 Å². The lowest BCUT2D eigenvalue weighted by Crippen LogP contribution is -2.10. The van der Waals surface area contributed by atoms with Crippen LogP contribution in [0.2, 0.25) is 0 Å². The molecule has 180 valence electrons. The summed E-state index contributed by atoms with van der Waals surface area (Å²) in [5.74, 6) is 7.97. The van der Waals surface area contributed by atoms with Gasteiger partial charge < -0.3 is 0 Å². The average Bonchev–Trinajstić information content (AvgIpc) is 2.57. The highest BCUT2D eigenvalue weighted by molar-refractivity contribution is 4.63. The summed E-state index contributed by atoms with van der Waals surface area (Å²) in [6.07, 6.45) is 6.85. The summed E-state index contributed by atoms with van der Waals surface area (Å²) in [5, 5.41) is 0. The maximum atomic E-state index is 2.34. The second-order valence-electron chi connectivity index (χ2n) is 11.9. The summed E-state index contributed by atoms with van der Waals surface area (Å²) in [6, 6.07) is 0. The molecule has 0 fully saturated rings. The minimum Gasteiger partial charge on any atom is -0.0651 e. The fourth-order valence-corrected chi connectivity index (χ4v) is 4.05. The van der Waals surface area contributed by atoms with Crippen molar-refractivity contribution in [2.75, 3.05) is 0 Å². The van der Waals surface area contributed by atoms with Crippen LogP contribution < -0.4 is 0 Å². The summed E-state index contributed by atoms with van der Waals surface area (Å²) in [5.41, 5.74) is 0. The average molecular weight is 413 g/mol. The van der Waals surface area contributed by atoms with Gasteiger partial charge in [-0.1, -0.05) is 117 Å². The van der Waals surface area contributed by atoms with Crippen molar-refractivity contribution in [1.82, 2.24) is 0 Å². The van der Waals surface area contributed by atoms with Crippen molar-refractivity contribution in [3.63, 3.8) is 0 Å². The molecule has 3 atom stereocenters. The predicted octanol–water partition coefficient (Wildman–Crippen LogP) is 10.8. The molecule has 0 saturated carbocycles. The Labute approximate surface area is 189 Å². The molecule has 29 heavy (non-hydrogen) atoms. The van der Waals surface area contributed by atoms with Crippen molar-refractivity contribution in [3.8, 4) is 0 Å². The first kappa shape index (κ1) is 33.6. The fourth-order valence-electron chi connectivity index (χ4n) is 4.05. The Morgan fingerprint density at radius 1 is 0.379 bits per heavy atom. The summed E-state index contributed by atoms with van der Waals surface area (Å²) in [7, 11) is 0. The van der Waals surface area contributed by atoms with Crippen molar-refractivity contribution >= 4 is 0 Å². The third-order valence-corrected chi connectivity index (χ3v) is 6.46. The van der Waals surface area contributed by atoms with E-state index >= 15 is 0 Å². The lowest BCUT2D eigenvalue weighted by atomic mass is 9.86. The summed E-state index contributed by atoms with van der Waals surface area (Å²) >= 11 is 0. The molecule has 3 unspecified atom stereocenters. The van der Waals surface area contributed by atoms with Gasteiger partial charge >= 0.3 is 0 Å². The van der Waals surface area contributed by atoms with Crippen LogP contribution in [0.1, 0.15) is 136 Å². The highest BCUT2D eigenvalue weighted by Crippen LogP contribution is 2.23. The van der Waals surface area contributed by atoms with Crippen LogP contribution in [0.5, 0.6) is 0 Å². The highest BCUT2D eigenvalue weighted by atomic mass is 14.2. The smallest absolute Gasteiger partial charge is 0.0391 e. The van der Waals surface area contributed by atoms with Crippen LogP contribution in [-0.4, -0.2) is 0 Å². The van der Waals surface area contributed by atoms with Gasteiger partial charge in [-0.15, -0.1) is 0 Å². The summed E-state index contributed by atoms with van der Waals surface area (Å²) in [6.45, 7) is 34.7. The molecule has 0 aromatic carbocycles. The maximum Gasteiger partial charge on any atom is -0.0391 e. The van der Waals surface area contributed by atoms with Gasteiger partial charge in [0.05, 0.1) is 0 Å². The summed E-state index contributed by atoms with van der Waals surface area (Å²) in [4.78, 5) is 0. The molecule has 0 aliphatic carbocycles. The van der Waals surface area contributed by atoms with E-state index < -0.39 is 0 Å². The minimum atomic E-state index is 0.854. The molecule has 0 amide bonds. The normalized spacial score (nSPS) is 14.8. The Bertz CT molecular complexity index is 286. The molecule has 0 rings (SSSR count). The second kappa shape index (κ2) is 19.9. The van der Waals surface area contributed by atoms with Crippen LogP contribution >= 0.6 is 0 Å². The first-order chi connectivity index (χ1) is 13.2. The third kappa shape index (κ3) is 24.1. The van der Waals surface area contributed by atoms with Crippen molar-refractivity contribution < 1.29 is 0 Å². The van der Waals surface area contributed by atoms with Gasteiger partial charge in [0.2, 0.25) is 0 Å². The van der Waals surface area contributed by atoms with Crippen molar-refractivity contribution in [1.29, 1.82) is 0 Å². The predicted molar refractivity (Wildman–Crippen MR) is 140 cm³/mol. The van der Waals surface area contributed by atoms with E-state index in [-0.39, 0.29) is 0 Å². The molecule has 0 nitrogen and oxygen atoms in total. The largest absolute Gasteiger partial charge is 0.0651 e. The zero-order chi connectivity index (χ0) is 23.7. The maximum absolute atomic E-state index is 2.34. The van der Waals surface area contributed by atoms with Gasteiger partial charge in [0.15, 0.2) is 0 Å². The van der Waals surface area contributed by atoms with Crippen molar-refractivity contribution in [2.24, 2.45) is 53.3 Å². The molecule has 0 heterocycles. The van der Waals surface area contributed by atoms with Crippen molar-refractivity contribution in [2.45, 2.75) is 136 Å². The summed E-state index contributed by atoms with van der Waals surface area (Å²) < 4.78 is 0. The topological polar surface area (TPSA) is 0 Å². The van der Waals surface area contributed by atoms with Gasteiger partial charge in [-0.05, 0) is 72.5 Å². The van der Waals surface area contributed by atoms with E-state index in [0.717, 1.165) is 53.3 Å². The zero-order valence-corrected chi connectivity index (χ0v) is 23.7. The van der Waals surface area contributed by atoms with E-state index in [1.165, 1.54) is 32.1 Å². The van der Waals surface area contributed by atoms with Crippen LogP contribution in [0, 0.1) is 53.3 Å². The van der Waals surface area contributed by atoms with E-state index in [4.69, 9.17) is 0 Å². The Hall–Kier alpha value is 0. The van der Waals surface area contributed by atoms with Gasteiger partial charge in [0.25, 0.3) is 0 Å². The van der Waals surface area contributed by atoms with Gasteiger partial charge in [-0.2, -0.15) is 0 Å². The molecule has 0 aromatic rings. The fraction of sp³-hybridized carbons (Fsp3) is 1.00. The lowest BCUT2D eigenvalue weighted by molar-refractivity contribution is 0.308. The molecule has 0 radical (unpaired) electrons. The van der Waals surface area contributed by atoms with Gasteiger partial charge in [0.1, 0.15) is 0 Å². The second-order valence-corrected chi connectivity index (χ2v) is 11.9. The van der Waals surface area contributed by atoms with Crippen LogP contribution in [0.15, 0.2) is 0 Å². The van der Waals surface area contributed by atoms with Crippen LogP contribution in [0.4, 0.5) is 0 Å². The zero-order valence-electron chi connectivity index (χ0n) is 23.7. The minimum absolute atomic E-state index is 0.854. The molecule has 0 saturated heterocycles. The molecule has 0 spiro atoms. The number of hydrogen-bond acceptors (Lipinski definition) is 0. The van der Waals surface area contributed by atoms with E-state index in [0.29, 0.717) is 0 Å². The van der Waals surface area contributed by atoms with Crippen LogP contribution in [-0.2, 0) is 0 Å². The molecule has 0 aliphatic rings. The number of hydrogen-bond donors (Lipinski definition) is 0. The molecule has 0 aromatic heterocycles. The Balaban J connectivity index is -0.000000350. The van der Waals surface area contributed by atoms with Crippen molar-refractivity contribution in [3.05, 3.63) is 0 Å².